The SMILES string of the molecule is CC(=N)N1CCC(Oc2ccc(NC(=N)c3ccc4ccc(CNC(C)=O)cc4c3)cc2)CC1.Cl.Cl. The number of amides is 1. The Morgan fingerprint density at radius 2 is 1.61 bits per heavy atom. The summed E-state index contributed by atoms with van der Waals surface area (Å²) in [7, 11) is 0. The number of anilines is 1. The number of nitrogens with zero attached hydrogens (tertiary/aromatic N) is 1. The smallest absolute Gasteiger partial charge is 0.217 e. The van der Waals surface area contributed by atoms with Gasteiger partial charge in [-0.15, -0.1) is 24.8 Å². The van der Waals surface area contributed by atoms with Crippen molar-refractivity contribution in [3.63, 3.8) is 0 Å². The van der Waals surface area contributed by atoms with Crippen LogP contribution in [0.2, 0.25) is 0 Å². The van der Waals surface area contributed by atoms with Crippen molar-refractivity contribution in [3.05, 3.63) is 71.8 Å². The third-order valence-corrected chi connectivity index (χ3v) is 6.08. The summed E-state index contributed by atoms with van der Waals surface area (Å²) in [6, 6.07) is 19.7. The molecule has 3 aromatic rings. The van der Waals surface area contributed by atoms with Crippen molar-refractivity contribution in [2.24, 2.45) is 0 Å². The Morgan fingerprint density at radius 1 is 0.944 bits per heavy atom. The lowest BCUT2D eigenvalue weighted by Crippen LogP contribution is -2.40. The number of fused-ring (bicyclic) bond motifs is 1. The van der Waals surface area contributed by atoms with Crippen LogP contribution >= 0.6 is 24.8 Å². The van der Waals surface area contributed by atoms with E-state index in [2.05, 4.69) is 15.5 Å². The molecule has 1 amide bonds. The van der Waals surface area contributed by atoms with Crippen LogP contribution in [0.4, 0.5) is 5.69 Å². The summed E-state index contributed by atoms with van der Waals surface area (Å²) in [5.74, 6) is 1.70. The fraction of sp³-hybridized carbons (Fsp3) is 0.296. The Kier molecular flexibility index (Phi) is 10.6. The van der Waals surface area contributed by atoms with Gasteiger partial charge in [-0.2, -0.15) is 0 Å². The first-order chi connectivity index (χ1) is 16.4. The van der Waals surface area contributed by atoms with Gasteiger partial charge in [0.25, 0.3) is 0 Å². The van der Waals surface area contributed by atoms with Crippen molar-refractivity contribution in [2.45, 2.75) is 39.3 Å². The normalized spacial score (nSPS) is 13.2. The van der Waals surface area contributed by atoms with E-state index in [1.54, 1.807) is 0 Å². The molecule has 0 bridgehead atoms. The van der Waals surface area contributed by atoms with Crippen molar-refractivity contribution in [1.29, 1.82) is 10.8 Å². The van der Waals surface area contributed by atoms with E-state index in [0.717, 1.165) is 59.3 Å². The molecule has 1 fully saturated rings. The van der Waals surface area contributed by atoms with Crippen LogP contribution in [0.5, 0.6) is 5.75 Å². The van der Waals surface area contributed by atoms with E-state index in [-0.39, 0.29) is 36.8 Å². The number of nitrogens with one attached hydrogen (secondary N) is 4. The summed E-state index contributed by atoms with van der Waals surface area (Å²) in [5.41, 5.74) is 2.64. The lowest BCUT2D eigenvalue weighted by atomic mass is 10.0. The molecule has 3 aromatic carbocycles. The maximum Gasteiger partial charge on any atom is 0.217 e. The van der Waals surface area contributed by atoms with E-state index in [4.69, 9.17) is 15.6 Å². The van der Waals surface area contributed by atoms with E-state index in [1.807, 2.05) is 67.6 Å². The van der Waals surface area contributed by atoms with E-state index in [1.165, 1.54) is 6.92 Å². The first kappa shape index (κ1) is 28.9. The number of hydrogen-bond acceptors (Lipinski definition) is 4. The Bertz CT molecular complexity index is 1210. The number of amidine groups is 2. The second-order valence-corrected chi connectivity index (χ2v) is 8.72. The molecule has 0 radical (unpaired) electrons. The molecule has 1 heterocycles. The van der Waals surface area contributed by atoms with Gasteiger partial charge in [0.05, 0.1) is 5.84 Å². The molecule has 1 saturated heterocycles. The average Bonchev–Trinajstić information content (AvgIpc) is 2.83. The predicted molar refractivity (Wildman–Crippen MR) is 151 cm³/mol. The summed E-state index contributed by atoms with van der Waals surface area (Å²) >= 11 is 0. The molecule has 1 aliphatic rings. The number of likely N-dealkylation sites (tertiary alicyclic amines) is 1. The van der Waals surface area contributed by atoms with Crippen molar-refractivity contribution < 1.29 is 9.53 Å². The van der Waals surface area contributed by atoms with Crippen molar-refractivity contribution in [2.75, 3.05) is 18.4 Å². The highest BCUT2D eigenvalue weighted by Gasteiger charge is 2.20. The van der Waals surface area contributed by atoms with Crippen molar-refractivity contribution in [3.8, 4) is 5.75 Å². The summed E-state index contributed by atoms with van der Waals surface area (Å²) in [5, 5.41) is 24.4. The molecular weight excluding hydrogens is 497 g/mol. The first-order valence-corrected chi connectivity index (χ1v) is 11.6. The van der Waals surface area contributed by atoms with Crippen LogP contribution in [0.25, 0.3) is 10.8 Å². The summed E-state index contributed by atoms with van der Waals surface area (Å²) in [4.78, 5) is 13.3. The largest absolute Gasteiger partial charge is 0.490 e. The quantitative estimate of drug-likeness (QED) is 0.246. The van der Waals surface area contributed by atoms with Crippen LogP contribution in [0.3, 0.4) is 0 Å². The zero-order chi connectivity index (χ0) is 24.1. The molecule has 0 unspecified atom stereocenters. The minimum absolute atomic E-state index is 0. The highest BCUT2D eigenvalue weighted by atomic mass is 35.5. The number of rotatable bonds is 6. The van der Waals surface area contributed by atoms with E-state index >= 15 is 0 Å². The number of hydrogen-bond donors (Lipinski definition) is 4. The van der Waals surface area contributed by atoms with Crippen LogP contribution in [-0.4, -0.2) is 41.7 Å². The molecule has 4 rings (SSSR count). The van der Waals surface area contributed by atoms with Gasteiger partial charge >= 0.3 is 0 Å². The molecule has 36 heavy (non-hydrogen) atoms. The van der Waals surface area contributed by atoms with Gasteiger partial charge in [0.2, 0.25) is 5.91 Å². The van der Waals surface area contributed by atoms with Gasteiger partial charge < -0.3 is 20.3 Å². The fourth-order valence-electron chi connectivity index (χ4n) is 4.12. The molecule has 9 heteroatoms. The molecule has 4 N–H and O–H groups in total. The summed E-state index contributed by atoms with van der Waals surface area (Å²) < 4.78 is 6.12. The molecule has 0 aromatic heterocycles. The van der Waals surface area contributed by atoms with Gasteiger partial charge in [-0.05, 0) is 59.7 Å². The monoisotopic (exact) mass is 529 g/mol. The molecule has 7 nitrogen and oxygen atoms in total. The second-order valence-electron chi connectivity index (χ2n) is 8.72. The third-order valence-electron chi connectivity index (χ3n) is 6.08. The Hall–Kier alpha value is -3.29. The van der Waals surface area contributed by atoms with Gasteiger partial charge in [0, 0.05) is 50.7 Å². The molecule has 0 atom stereocenters. The zero-order valence-corrected chi connectivity index (χ0v) is 22.1. The van der Waals surface area contributed by atoms with Crippen LogP contribution in [0.1, 0.15) is 37.8 Å². The molecule has 192 valence electrons. The highest BCUT2D eigenvalue weighted by molar-refractivity contribution is 6.08. The molecule has 1 aliphatic heterocycles. The average molecular weight is 531 g/mol. The fourth-order valence-corrected chi connectivity index (χ4v) is 4.12. The number of ether oxygens (including phenoxy) is 1. The molecular formula is C27H33Cl2N5O2. The minimum Gasteiger partial charge on any atom is -0.490 e. The van der Waals surface area contributed by atoms with Gasteiger partial charge in [0.15, 0.2) is 0 Å². The van der Waals surface area contributed by atoms with Gasteiger partial charge in [-0.25, -0.2) is 0 Å². The van der Waals surface area contributed by atoms with Gasteiger partial charge in [-0.1, -0.05) is 24.3 Å². The van der Waals surface area contributed by atoms with E-state index in [0.29, 0.717) is 18.2 Å². The number of benzene rings is 3. The van der Waals surface area contributed by atoms with Gasteiger partial charge in [0.1, 0.15) is 17.7 Å². The maximum atomic E-state index is 11.2. The number of carbonyl (C=O) groups excluding carboxylic acids is 1. The summed E-state index contributed by atoms with van der Waals surface area (Å²) in [6.45, 7) is 5.54. The van der Waals surface area contributed by atoms with Crippen LogP contribution in [0, 0.1) is 10.8 Å². The number of halogens is 2. The standard InChI is InChI=1S/C27H31N5O2.2ClH/c1-18(28)32-13-11-26(12-14-32)34-25-9-7-24(8-10-25)31-27(29)22-6-5-21-4-3-20(15-23(21)16-22)17-30-19(2)33;;/h3-10,15-16,26,28H,11-14,17H2,1-2H3,(H2,29,31)(H,30,33);2*1H. The summed E-state index contributed by atoms with van der Waals surface area (Å²) in [6.07, 6.45) is 1.99. The van der Waals surface area contributed by atoms with Crippen molar-refractivity contribution in [1.82, 2.24) is 10.2 Å². The number of carbonyl (C=O) groups is 1. The third kappa shape index (κ3) is 7.60. The topological polar surface area (TPSA) is 101 Å². The van der Waals surface area contributed by atoms with E-state index < -0.39 is 0 Å². The van der Waals surface area contributed by atoms with E-state index in [9.17, 15) is 4.79 Å². The van der Waals surface area contributed by atoms with Crippen molar-refractivity contribution >= 4 is 58.9 Å². The number of piperidine rings is 1. The van der Waals surface area contributed by atoms with Crippen LogP contribution < -0.4 is 15.4 Å². The molecule has 0 saturated carbocycles. The second kappa shape index (κ2) is 13.1. The first-order valence-electron chi connectivity index (χ1n) is 11.6. The van der Waals surface area contributed by atoms with Gasteiger partial charge in [-0.3, -0.25) is 15.6 Å². The van der Waals surface area contributed by atoms with Crippen LogP contribution in [-0.2, 0) is 11.3 Å². The Balaban J connectivity index is 0.00000228. The predicted octanol–water partition coefficient (Wildman–Crippen LogP) is 5.60. The Morgan fingerprint density at radius 3 is 2.25 bits per heavy atom. The maximum absolute atomic E-state index is 11.2. The lowest BCUT2D eigenvalue weighted by Gasteiger charge is -2.32. The van der Waals surface area contributed by atoms with Crippen LogP contribution in [0.15, 0.2) is 60.7 Å². The lowest BCUT2D eigenvalue weighted by molar-refractivity contribution is -0.119. The Labute approximate surface area is 224 Å². The molecule has 0 spiro atoms. The minimum atomic E-state index is -0.0560. The highest BCUT2D eigenvalue weighted by Crippen LogP contribution is 2.23. The molecule has 0 aliphatic carbocycles. The zero-order valence-electron chi connectivity index (χ0n) is 20.5.